The second-order valence-electron chi connectivity index (χ2n) is 7.70. The molecule has 0 bridgehead atoms. The molecule has 0 radical (unpaired) electrons. The highest BCUT2D eigenvalue weighted by molar-refractivity contribution is 5.68. The van der Waals surface area contributed by atoms with E-state index in [1.54, 1.807) is 19.3 Å². The molecule has 0 saturated heterocycles. The lowest BCUT2D eigenvalue weighted by atomic mass is 9.99. The lowest BCUT2D eigenvalue weighted by molar-refractivity contribution is 0.414. The normalized spacial score (nSPS) is 9.45. The third kappa shape index (κ3) is 7.97. The largest absolute Gasteiger partial charge is 0.497 e. The van der Waals surface area contributed by atoms with Crippen LogP contribution in [0, 0.1) is 20.8 Å². The predicted octanol–water partition coefficient (Wildman–Crippen LogP) is 9.00. The van der Waals surface area contributed by atoms with Crippen molar-refractivity contribution in [1.82, 2.24) is 0 Å². The highest BCUT2D eigenvalue weighted by Crippen LogP contribution is 2.26. The lowest BCUT2D eigenvalue weighted by Gasteiger charge is -2.07. The van der Waals surface area contributed by atoms with Crippen molar-refractivity contribution < 1.29 is 4.74 Å². The van der Waals surface area contributed by atoms with E-state index < -0.39 is 0 Å². The molecule has 0 N–H and O–H groups in total. The van der Waals surface area contributed by atoms with Crippen molar-refractivity contribution in [3.8, 4) is 28.0 Å². The third-order valence-corrected chi connectivity index (χ3v) is 5.16. The monoisotopic (exact) mass is 434 g/mol. The number of rotatable bonds is 4. The minimum absolute atomic E-state index is 0.909. The van der Waals surface area contributed by atoms with Crippen molar-refractivity contribution >= 4 is 0 Å². The van der Waals surface area contributed by atoms with Crippen LogP contribution in [0.15, 0.2) is 122 Å². The maximum atomic E-state index is 5.19. The maximum absolute atomic E-state index is 5.19. The van der Waals surface area contributed by atoms with Gasteiger partial charge >= 0.3 is 0 Å². The van der Waals surface area contributed by atoms with Gasteiger partial charge < -0.3 is 4.74 Å². The van der Waals surface area contributed by atoms with Crippen LogP contribution in [-0.2, 0) is 0 Å². The van der Waals surface area contributed by atoms with Crippen molar-refractivity contribution in [3.05, 3.63) is 139 Å². The summed E-state index contributed by atoms with van der Waals surface area (Å²) < 4.78 is 5.19. The van der Waals surface area contributed by atoms with Gasteiger partial charge in [0.25, 0.3) is 0 Å². The van der Waals surface area contributed by atoms with E-state index in [1.807, 2.05) is 12.1 Å². The molecule has 0 amide bonds. The van der Waals surface area contributed by atoms with Gasteiger partial charge in [0, 0.05) is 0 Å². The molecule has 1 nitrogen and oxygen atoms in total. The zero-order valence-corrected chi connectivity index (χ0v) is 20.2. The summed E-state index contributed by atoms with van der Waals surface area (Å²) in [4.78, 5) is 0. The summed E-state index contributed by atoms with van der Waals surface area (Å²) in [5, 5.41) is 0. The van der Waals surface area contributed by atoms with Crippen molar-refractivity contribution in [1.29, 1.82) is 0 Å². The summed E-state index contributed by atoms with van der Waals surface area (Å²) in [5.41, 5.74) is 9.03. The highest BCUT2D eigenvalue weighted by atomic mass is 16.5. The Hall–Kier alpha value is -3.84. The van der Waals surface area contributed by atoms with E-state index in [2.05, 4.69) is 119 Å². The van der Waals surface area contributed by atoms with Crippen molar-refractivity contribution in [2.24, 2.45) is 0 Å². The molecule has 0 fully saturated rings. The van der Waals surface area contributed by atoms with E-state index in [0.29, 0.717) is 0 Å². The van der Waals surface area contributed by atoms with Crippen LogP contribution in [0.5, 0.6) is 5.75 Å². The van der Waals surface area contributed by atoms with Gasteiger partial charge in [0.2, 0.25) is 0 Å². The number of hydrogen-bond acceptors (Lipinski definition) is 1. The molecule has 0 atom stereocenters. The summed E-state index contributed by atoms with van der Waals surface area (Å²) in [7, 11) is 1.69. The van der Waals surface area contributed by atoms with Crippen LogP contribution in [0.3, 0.4) is 0 Å². The van der Waals surface area contributed by atoms with E-state index in [0.717, 1.165) is 5.75 Å². The molecule has 0 aliphatic heterocycles. The quantitative estimate of drug-likeness (QED) is 0.291. The zero-order valence-electron chi connectivity index (χ0n) is 20.2. The van der Waals surface area contributed by atoms with Crippen molar-refractivity contribution in [2.75, 3.05) is 7.11 Å². The lowest BCUT2D eigenvalue weighted by Crippen LogP contribution is -1.86. The fourth-order valence-corrected chi connectivity index (χ4v) is 3.37. The Bertz CT molecular complexity index is 1140. The summed E-state index contributed by atoms with van der Waals surface area (Å²) in [6.45, 7) is 13.1. The standard InChI is InChI=1S/C14H14O.C14H14.C4H6/c1-11-10-13(15-2)8-9-14(11)12-6-4-3-5-7-12;1-11-8-9-12(2)14(10-11)13-6-4-3-5-7-13;1-3-4-2/h3-10H,1-2H3;3-10H,1-2H3;3-4H,1-2H2. The molecule has 0 aliphatic rings. The Morgan fingerprint density at radius 3 is 1.61 bits per heavy atom. The number of aryl methyl sites for hydroxylation is 3. The summed E-state index contributed by atoms with van der Waals surface area (Å²) in [6, 6.07) is 33.6. The molecule has 4 aromatic rings. The molecule has 168 valence electrons. The first-order valence-corrected chi connectivity index (χ1v) is 11.1. The van der Waals surface area contributed by atoms with Gasteiger partial charge in [0.1, 0.15) is 5.75 Å². The first-order chi connectivity index (χ1) is 16.0. The summed E-state index contributed by atoms with van der Waals surface area (Å²) in [6.07, 6.45) is 3.28. The van der Waals surface area contributed by atoms with E-state index in [9.17, 15) is 0 Å². The molecule has 0 aromatic heterocycles. The minimum Gasteiger partial charge on any atom is -0.497 e. The van der Waals surface area contributed by atoms with Crippen molar-refractivity contribution in [2.45, 2.75) is 20.8 Å². The van der Waals surface area contributed by atoms with Crippen LogP contribution < -0.4 is 4.74 Å². The molecule has 1 heteroatoms. The Morgan fingerprint density at radius 2 is 1.12 bits per heavy atom. The fraction of sp³-hybridized carbons (Fsp3) is 0.125. The number of ether oxygens (including phenoxy) is 1. The van der Waals surface area contributed by atoms with Gasteiger partial charge in [-0.05, 0) is 66.3 Å². The number of hydrogen-bond donors (Lipinski definition) is 0. The van der Waals surface area contributed by atoms with E-state index in [4.69, 9.17) is 4.74 Å². The molecular weight excluding hydrogens is 400 g/mol. The van der Waals surface area contributed by atoms with Crippen LogP contribution in [0.1, 0.15) is 16.7 Å². The van der Waals surface area contributed by atoms with Gasteiger partial charge in [-0.15, -0.1) is 0 Å². The Kier molecular flexibility index (Phi) is 10.4. The number of benzene rings is 4. The average molecular weight is 435 g/mol. The molecule has 0 heterocycles. The Morgan fingerprint density at radius 1 is 0.576 bits per heavy atom. The predicted molar refractivity (Wildman–Crippen MR) is 145 cm³/mol. The van der Waals surface area contributed by atoms with Gasteiger partial charge in [-0.25, -0.2) is 0 Å². The minimum atomic E-state index is 0.909. The molecule has 0 unspecified atom stereocenters. The first-order valence-electron chi connectivity index (χ1n) is 11.1. The van der Waals surface area contributed by atoms with Gasteiger partial charge in [0.15, 0.2) is 0 Å². The van der Waals surface area contributed by atoms with Crippen LogP contribution in [0.2, 0.25) is 0 Å². The van der Waals surface area contributed by atoms with Gasteiger partial charge in [-0.1, -0.05) is 116 Å². The second-order valence-corrected chi connectivity index (χ2v) is 7.70. The Labute approximate surface area is 199 Å². The number of methoxy groups -OCH3 is 1. The van der Waals surface area contributed by atoms with Gasteiger partial charge in [0.05, 0.1) is 7.11 Å². The maximum Gasteiger partial charge on any atom is 0.119 e. The second kappa shape index (κ2) is 13.5. The highest BCUT2D eigenvalue weighted by Gasteiger charge is 2.02. The SMILES string of the molecule is C=CC=C.COc1ccc(-c2ccccc2)c(C)c1.Cc1ccc(C)c(-c2ccccc2)c1. The summed E-state index contributed by atoms with van der Waals surface area (Å²) in [5.74, 6) is 0.909. The van der Waals surface area contributed by atoms with E-state index >= 15 is 0 Å². The smallest absolute Gasteiger partial charge is 0.119 e. The first kappa shape index (κ1) is 25.4. The number of allylic oxidation sites excluding steroid dienone is 2. The Balaban J connectivity index is 0.000000202. The van der Waals surface area contributed by atoms with E-state index in [1.165, 1.54) is 38.9 Å². The van der Waals surface area contributed by atoms with Crippen LogP contribution in [0.25, 0.3) is 22.3 Å². The molecule has 0 saturated carbocycles. The van der Waals surface area contributed by atoms with Crippen LogP contribution >= 0.6 is 0 Å². The van der Waals surface area contributed by atoms with Gasteiger partial charge in [-0.2, -0.15) is 0 Å². The molecule has 0 aliphatic carbocycles. The van der Waals surface area contributed by atoms with Crippen LogP contribution in [-0.4, -0.2) is 7.11 Å². The molecule has 4 rings (SSSR count). The molecule has 0 spiro atoms. The summed E-state index contributed by atoms with van der Waals surface area (Å²) >= 11 is 0. The fourth-order valence-electron chi connectivity index (χ4n) is 3.37. The molecular formula is C32H34O. The topological polar surface area (TPSA) is 9.23 Å². The van der Waals surface area contributed by atoms with Crippen LogP contribution in [0.4, 0.5) is 0 Å². The molecule has 4 aromatic carbocycles. The molecule has 33 heavy (non-hydrogen) atoms. The van der Waals surface area contributed by atoms with E-state index in [-0.39, 0.29) is 0 Å². The zero-order chi connectivity index (χ0) is 24.1. The third-order valence-electron chi connectivity index (χ3n) is 5.16. The van der Waals surface area contributed by atoms with Gasteiger partial charge in [-0.3, -0.25) is 0 Å². The van der Waals surface area contributed by atoms with Crippen molar-refractivity contribution in [3.63, 3.8) is 0 Å². The average Bonchev–Trinajstić information content (AvgIpc) is 2.87.